The summed E-state index contributed by atoms with van der Waals surface area (Å²) in [7, 11) is 0. The third-order valence-electron chi connectivity index (χ3n) is 1.97. The lowest BCUT2D eigenvalue weighted by molar-refractivity contribution is 0.131. The van der Waals surface area contributed by atoms with E-state index in [4.69, 9.17) is 4.74 Å². The van der Waals surface area contributed by atoms with E-state index < -0.39 is 0 Å². The highest BCUT2D eigenvalue weighted by Gasteiger charge is 2.12. The molecule has 0 aliphatic heterocycles. The molecule has 0 fully saturated rings. The van der Waals surface area contributed by atoms with Crippen molar-refractivity contribution in [1.29, 1.82) is 0 Å². The second-order valence-electron chi connectivity index (χ2n) is 5.03. The van der Waals surface area contributed by atoms with E-state index in [1.165, 1.54) is 5.56 Å². The van der Waals surface area contributed by atoms with Crippen LogP contribution in [0.1, 0.15) is 38.8 Å². The number of rotatable bonds is 2. The highest BCUT2D eigenvalue weighted by Crippen LogP contribution is 2.24. The first-order chi connectivity index (χ1) is 6.78. The summed E-state index contributed by atoms with van der Waals surface area (Å²) in [6.45, 7) is 14.2. The van der Waals surface area contributed by atoms with Crippen LogP contribution in [0.5, 0.6) is 5.75 Å². The Kier molecular flexibility index (Phi) is 3.23. The molecule has 1 heteroatoms. The van der Waals surface area contributed by atoms with Crippen LogP contribution in [-0.4, -0.2) is 5.60 Å². The predicted octanol–water partition coefficient (Wildman–Crippen LogP) is 4.21. The van der Waals surface area contributed by atoms with Gasteiger partial charge in [0.15, 0.2) is 0 Å². The Hall–Kier alpha value is -1.24. The zero-order chi connectivity index (χ0) is 11.6. The van der Waals surface area contributed by atoms with Crippen molar-refractivity contribution >= 4 is 5.57 Å². The second-order valence-corrected chi connectivity index (χ2v) is 5.03. The van der Waals surface area contributed by atoms with Crippen LogP contribution in [0, 0.1) is 6.92 Å². The van der Waals surface area contributed by atoms with Gasteiger partial charge < -0.3 is 4.74 Å². The van der Waals surface area contributed by atoms with E-state index in [1.54, 1.807) is 0 Å². The fraction of sp³-hybridized carbons (Fsp3) is 0.429. The maximum Gasteiger partial charge on any atom is 0.120 e. The summed E-state index contributed by atoms with van der Waals surface area (Å²) in [6, 6.07) is 6.22. The molecule has 0 aliphatic rings. The molecule has 0 heterocycles. The van der Waals surface area contributed by atoms with E-state index in [0.717, 1.165) is 16.9 Å². The fourth-order valence-corrected chi connectivity index (χ4v) is 1.41. The van der Waals surface area contributed by atoms with Gasteiger partial charge in [0.1, 0.15) is 11.4 Å². The molecule has 0 amide bonds. The maximum absolute atomic E-state index is 5.83. The SMILES string of the molecule is C=C(C)c1cc(C)cc(OC(C)(C)C)c1. The third-order valence-corrected chi connectivity index (χ3v) is 1.97. The number of benzene rings is 1. The molecule has 0 radical (unpaired) electrons. The van der Waals surface area contributed by atoms with Gasteiger partial charge in [0, 0.05) is 0 Å². The average Bonchev–Trinajstić information content (AvgIpc) is 1.99. The van der Waals surface area contributed by atoms with Gasteiger partial charge in [0.05, 0.1) is 0 Å². The van der Waals surface area contributed by atoms with Crippen LogP contribution in [0.15, 0.2) is 24.8 Å². The Bertz CT molecular complexity index is 369. The maximum atomic E-state index is 5.83. The van der Waals surface area contributed by atoms with E-state index in [1.807, 2.05) is 13.0 Å². The largest absolute Gasteiger partial charge is 0.488 e. The van der Waals surface area contributed by atoms with Gasteiger partial charge in [-0.05, 0) is 57.9 Å². The third kappa shape index (κ3) is 3.78. The molecule has 0 spiro atoms. The Morgan fingerprint density at radius 1 is 1.20 bits per heavy atom. The van der Waals surface area contributed by atoms with Crippen molar-refractivity contribution in [3.8, 4) is 5.75 Å². The van der Waals surface area contributed by atoms with Crippen LogP contribution in [0.3, 0.4) is 0 Å². The van der Waals surface area contributed by atoms with Gasteiger partial charge in [-0.1, -0.05) is 18.2 Å². The van der Waals surface area contributed by atoms with Crippen molar-refractivity contribution in [2.45, 2.75) is 40.2 Å². The molecular formula is C14H20O. The number of hydrogen-bond acceptors (Lipinski definition) is 1. The summed E-state index contributed by atoms with van der Waals surface area (Å²) >= 11 is 0. The lowest BCUT2D eigenvalue weighted by Crippen LogP contribution is -2.23. The Balaban J connectivity index is 3.04. The van der Waals surface area contributed by atoms with E-state index in [2.05, 4.69) is 46.4 Å². The lowest BCUT2D eigenvalue weighted by atomic mass is 10.1. The van der Waals surface area contributed by atoms with Gasteiger partial charge >= 0.3 is 0 Å². The first kappa shape index (κ1) is 11.8. The van der Waals surface area contributed by atoms with Crippen molar-refractivity contribution in [3.63, 3.8) is 0 Å². The lowest BCUT2D eigenvalue weighted by Gasteiger charge is -2.22. The van der Waals surface area contributed by atoms with Crippen LogP contribution >= 0.6 is 0 Å². The first-order valence-electron chi connectivity index (χ1n) is 5.24. The smallest absolute Gasteiger partial charge is 0.120 e. The first-order valence-corrected chi connectivity index (χ1v) is 5.24. The second kappa shape index (κ2) is 4.09. The van der Waals surface area contributed by atoms with Crippen molar-refractivity contribution in [2.24, 2.45) is 0 Å². The molecular weight excluding hydrogens is 184 g/mol. The van der Waals surface area contributed by atoms with Gasteiger partial charge in [-0.3, -0.25) is 0 Å². The monoisotopic (exact) mass is 204 g/mol. The van der Waals surface area contributed by atoms with Crippen molar-refractivity contribution in [2.75, 3.05) is 0 Å². The van der Waals surface area contributed by atoms with E-state index >= 15 is 0 Å². The molecule has 0 aliphatic carbocycles. The van der Waals surface area contributed by atoms with Crippen molar-refractivity contribution < 1.29 is 4.74 Å². The average molecular weight is 204 g/mol. The summed E-state index contributed by atoms with van der Waals surface area (Å²) < 4.78 is 5.83. The summed E-state index contributed by atoms with van der Waals surface area (Å²) in [5, 5.41) is 0. The summed E-state index contributed by atoms with van der Waals surface area (Å²) in [4.78, 5) is 0. The normalized spacial score (nSPS) is 11.3. The molecule has 1 rings (SSSR count). The number of aryl methyl sites for hydroxylation is 1. The quantitative estimate of drug-likeness (QED) is 0.701. The molecule has 1 nitrogen and oxygen atoms in total. The highest BCUT2D eigenvalue weighted by molar-refractivity contribution is 5.63. The van der Waals surface area contributed by atoms with Crippen molar-refractivity contribution in [1.82, 2.24) is 0 Å². The predicted molar refractivity (Wildman–Crippen MR) is 66.3 cm³/mol. The molecule has 15 heavy (non-hydrogen) atoms. The van der Waals surface area contributed by atoms with Gasteiger partial charge in [0.25, 0.3) is 0 Å². The minimum absolute atomic E-state index is 0.153. The number of allylic oxidation sites excluding steroid dienone is 1. The van der Waals surface area contributed by atoms with Crippen LogP contribution in [0.25, 0.3) is 5.57 Å². The van der Waals surface area contributed by atoms with Crippen LogP contribution in [0.2, 0.25) is 0 Å². The van der Waals surface area contributed by atoms with Crippen molar-refractivity contribution in [3.05, 3.63) is 35.9 Å². The van der Waals surface area contributed by atoms with Crippen LogP contribution < -0.4 is 4.74 Å². The van der Waals surface area contributed by atoms with Crippen LogP contribution in [-0.2, 0) is 0 Å². The highest BCUT2D eigenvalue weighted by atomic mass is 16.5. The zero-order valence-electron chi connectivity index (χ0n) is 10.3. The summed E-state index contributed by atoms with van der Waals surface area (Å²) in [5.74, 6) is 0.917. The molecule has 0 saturated heterocycles. The summed E-state index contributed by atoms with van der Waals surface area (Å²) in [6.07, 6.45) is 0. The Morgan fingerprint density at radius 3 is 2.27 bits per heavy atom. The fourth-order valence-electron chi connectivity index (χ4n) is 1.41. The Morgan fingerprint density at radius 2 is 1.80 bits per heavy atom. The Labute approximate surface area is 92.8 Å². The van der Waals surface area contributed by atoms with Gasteiger partial charge in [-0.25, -0.2) is 0 Å². The van der Waals surface area contributed by atoms with Gasteiger partial charge in [0.2, 0.25) is 0 Å². The molecule has 1 aromatic rings. The molecule has 1 aromatic carbocycles. The molecule has 0 bridgehead atoms. The molecule has 82 valence electrons. The minimum Gasteiger partial charge on any atom is -0.488 e. The molecule has 0 atom stereocenters. The van der Waals surface area contributed by atoms with Gasteiger partial charge in [-0.15, -0.1) is 0 Å². The molecule has 0 aromatic heterocycles. The molecule has 0 N–H and O–H groups in total. The molecule has 0 saturated carbocycles. The topological polar surface area (TPSA) is 9.23 Å². The number of hydrogen-bond donors (Lipinski definition) is 0. The van der Waals surface area contributed by atoms with E-state index in [9.17, 15) is 0 Å². The van der Waals surface area contributed by atoms with Crippen LogP contribution in [0.4, 0.5) is 0 Å². The van der Waals surface area contributed by atoms with Gasteiger partial charge in [-0.2, -0.15) is 0 Å². The minimum atomic E-state index is -0.153. The zero-order valence-corrected chi connectivity index (χ0v) is 10.3. The standard InChI is InChI=1S/C14H20O/c1-10(2)12-7-11(3)8-13(9-12)15-14(4,5)6/h7-9H,1H2,2-6H3. The number of ether oxygens (including phenoxy) is 1. The van der Waals surface area contributed by atoms with E-state index in [0.29, 0.717) is 0 Å². The molecule has 0 unspecified atom stereocenters. The summed E-state index contributed by atoms with van der Waals surface area (Å²) in [5.41, 5.74) is 3.27. The van der Waals surface area contributed by atoms with E-state index in [-0.39, 0.29) is 5.60 Å².